The molecule has 0 aliphatic carbocycles. The summed E-state index contributed by atoms with van der Waals surface area (Å²) >= 11 is 5.82. The van der Waals surface area contributed by atoms with Gasteiger partial charge < -0.3 is 10.1 Å². The summed E-state index contributed by atoms with van der Waals surface area (Å²) in [5.74, 6) is -1.24. The van der Waals surface area contributed by atoms with Crippen LogP contribution in [0.3, 0.4) is 0 Å². The number of rotatable bonds is 6. The van der Waals surface area contributed by atoms with Crippen molar-refractivity contribution in [2.24, 2.45) is 0 Å². The number of alkyl halides is 3. The fourth-order valence-corrected chi connectivity index (χ4v) is 2.61. The van der Waals surface area contributed by atoms with Crippen LogP contribution in [0.5, 0.6) is 0 Å². The second kappa shape index (κ2) is 8.90. The van der Waals surface area contributed by atoms with Gasteiger partial charge in [-0.1, -0.05) is 41.9 Å². The SMILES string of the molecule is COC(=O)[C@@H](Cc1ccc(Cl)cc1)NC(=O)Cc1cccc(C(F)(F)F)c1. The van der Waals surface area contributed by atoms with Crippen LogP contribution in [0.1, 0.15) is 16.7 Å². The first kappa shape index (κ1) is 20.8. The van der Waals surface area contributed by atoms with E-state index in [2.05, 4.69) is 5.32 Å². The van der Waals surface area contributed by atoms with Crippen molar-refractivity contribution < 1.29 is 27.5 Å². The molecule has 0 aliphatic heterocycles. The Balaban J connectivity index is 2.07. The van der Waals surface area contributed by atoms with Crippen LogP contribution >= 0.6 is 11.6 Å². The van der Waals surface area contributed by atoms with Crippen LogP contribution in [-0.4, -0.2) is 25.0 Å². The third kappa shape index (κ3) is 6.29. The first-order chi connectivity index (χ1) is 12.7. The first-order valence-corrected chi connectivity index (χ1v) is 8.34. The number of hydrogen-bond acceptors (Lipinski definition) is 3. The molecule has 0 spiro atoms. The molecule has 2 aromatic carbocycles. The molecule has 2 rings (SSSR count). The molecule has 0 fully saturated rings. The number of hydrogen-bond donors (Lipinski definition) is 1. The van der Waals surface area contributed by atoms with Crippen molar-refractivity contribution in [3.8, 4) is 0 Å². The standard InChI is InChI=1S/C19H17ClF3NO3/c1-27-18(26)16(10-12-5-7-15(20)8-6-12)24-17(25)11-13-3-2-4-14(9-13)19(21,22)23/h2-9,16H,10-11H2,1H3,(H,24,25)/t16-/m1/s1. The Hall–Kier alpha value is -2.54. The molecule has 0 aromatic heterocycles. The van der Waals surface area contributed by atoms with Crippen molar-refractivity contribution in [2.75, 3.05) is 7.11 Å². The van der Waals surface area contributed by atoms with Gasteiger partial charge in [0.15, 0.2) is 0 Å². The van der Waals surface area contributed by atoms with Crippen molar-refractivity contribution in [1.82, 2.24) is 5.32 Å². The quantitative estimate of drug-likeness (QED) is 0.752. The summed E-state index contributed by atoms with van der Waals surface area (Å²) in [6.07, 6.45) is -4.62. The van der Waals surface area contributed by atoms with Gasteiger partial charge in [-0.25, -0.2) is 4.79 Å². The van der Waals surface area contributed by atoms with Crippen molar-refractivity contribution >= 4 is 23.5 Å². The number of halogens is 4. The zero-order valence-electron chi connectivity index (χ0n) is 14.3. The summed E-state index contributed by atoms with van der Waals surface area (Å²) in [6, 6.07) is 10.2. The summed E-state index contributed by atoms with van der Waals surface area (Å²) in [5, 5.41) is 3.04. The molecule has 27 heavy (non-hydrogen) atoms. The van der Waals surface area contributed by atoms with Gasteiger partial charge >= 0.3 is 12.1 Å². The number of methoxy groups -OCH3 is 1. The molecule has 1 N–H and O–H groups in total. The van der Waals surface area contributed by atoms with Crippen LogP contribution in [0.15, 0.2) is 48.5 Å². The second-order valence-corrected chi connectivity index (χ2v) is 6.29. The van der Waals surface area contributed by atoms with Crippen molar-refractivity contribution in [3.05, 3.63) is 70.2 Å². The Bertz CT molecular complexity index is 807. The Morgan fingerprint density at radius 2 is 1.78 bits per heavy atom. The van der Waals surface area contributed by atoms with Crippen LogP contribution < -0.4 is 5.32 Å². The van der Waals surface area contributed by atoms with Gasteiger partial charge in [0.1, 0.15) is 6.04 Å². The summed E-state index contributed by atoms with van der Waals surface area (Å²) in [6.45, 7) is 0. The molecule has 0 aliphatic rings. The smallest absolute Gasteiger partial charge is 0.416 e. The monoisotopic (exact) mass is 399 g/mol. The highest BCUT2D eigenvalue weighted by Gasteiger charge is 2.30. The average molecular weight is 400 g/mol. The largest absolute Gasteiger partial charge is 0.467 e. The number of carbonyl (C=O) groups is 2. The fraction of sp³-hybridized carbons (Fsp3) is 0.263. The molecule has 0 heterocycles. The van der Waals surface area contributed by atoms with E-state index in [4.69, 9.17) is 16.3 Å². The van der Waals surface area contributed by atoms with Crippen LogP contribution in [-0.2, 0) is 33.3 Å². The maximum absolute atomic E-state index is 12.8. The molecule has 4 nitrogen and oxygen atoms in total. The average Bonchev–Trinajstić information content (AvgIpc) is 2.61. The van der Waals surface area contributed by atoms with Crippen molar-refractivity contribution in [3.63, 3.8) is 0 Å². The predicted molar refractivity (Wildman–Crippen MR) is 94.3 cm³/mol. The number of esters is 1. The molecular weight excluding hydrogens is 383 g/mol. The molecule has 144 valence electrons. The molecule has 8 heteroatoms. The lowest BCUT2D eigenvalue weighted by Gasteiger charge is -2.17. The van der Waals surface area contributed by atoms with Crippen LogP contribution in [0.25, 0.3) is 0 Å². The van der Waals surface area contributed by atoms with Crippen molar-refractivity contribution in [2.45, 2.75) is 25.1 Å². The zero-order chi connectivity index (χ0) is 20.0. The number of amides is 1. The third-order valence-electron chi connectivity index (χ3n) is 3.79. The van der Waals surface area contributed by atoms with E-state index in [1.807, 2.05) is 0 Å². The molecule has 2 aromatic rings. The lowest BCUT2D eigenvalue weighted by Crippen LogP contribution is -2.43. The highest BCUT2D eigenvalue weighted by Crippen LogP contribution is 2.29. The lowest BCUT2D eigenvalue weighted by molar-refractivity contribution is -0.145. The van der Waals surface area contributed by atoms with E-state index in [0.717, 1.165) is 17.7 Å². The maximum Gasteiger partial charge on any atom is 0.416 e. The van der Waals surface area contributed by atoms with Gasteiger partial charge in [-0.15, -0.1) is 0 Å². The van der Waals surface area contributed by atoms with Crippen molar-refractivity contribution in [1.29, 1.82) is 0 Å². The first-order valence-electron chi connectivity index (χ1n) is 7.97. The molecule has 0 bridgehead atoms. The number of ether oxygens (including phenoxy) is 1. The van der Waals surface area contributed by atoms with Gasteiger partial charge in [0.25, 0.3) is 0 Å². The number of nitrogens with one attached hydrogen (secondary N) is 1. The minimum absolute atomic E-state index is 0.165. The Morgan fingerprint density at radius 1 is 1.11 bits per heavy atom. The van der Waals surface area contributed by atoms with E-state index in [1.165, 1.54) is 19.2 Å². The predicted octanol–water partition coefficient (Wildman–Crippen LogP) is 3.80. The van der Waals surface area contributed by atoms with Gasteiger partial charge in [-0.2, -0.15) is 13.2 Å². The molecule has 1 amide bonds. The van der Waals surface area contributed by atoms with Gasteiger partial charge in [0, 0.05) is 11.4 Å². The highest BCUT2D eigenvalue weighted by molar-refractivity contribution is 6.30. The Morgan fingerprint density at radius 3 is 2.37 bits per heavy atom. The maximum atomic E-state index is 12.8. The minimum atomic E-state index is -4.49. The van der Waals surface area contributed by atoms with E-state index < -0.39 is 29.7 Å². The lowest BCUT2D eigenvalue weighted by atomic mass is 10.0. The van der Waals surface area contributed by atoms with E-state index >= 15 is 0 Å². The Labute approximate surface area is 159 Å². The summed E-state index contributed by atoms with van der Waals surface area (Å²) in [7, 11) is 1.19. The second-order valence-electron chi connectivity index (χ2n) is 5.85. The normalized spacial score (nSPS) is 12.3. The highest BCUT2D eigenvalue weighted by atomic mass is 35.5. The minimum Gasteiger partial charge on any atom is -0.467 e. The van der Waals surface area contributed by atoms with Gasteiger partial charge in [0.2, 0.25) is 5.91 Å². The zero-order valence-corrected chi connectivity index (χ0v) is 15.1. The van der Waals surface area contributed by atoms with E-state index in [0.29, 0.717) is 5.02 Å². The van der Waals surface area contributed by atoms with E-state index in [1.54, 1.807) is 24.3 Å². The van der Waals surface area contributed by atoms with Gasteiger partial charge in [-0.3, -0.25) is 4.79 Å². The fourth-order valence-electron chi connectivity index (χ4n) is 2.48. The summed E-state index contributed by atoms with van der Waals surface area (Å²) < 4.78 is 43.0. The third-order valence-corrected chi connectivity index (χ3v) is 4.04. The number of carbonyl (C=O) groups excluding carboxylic acids is 2. The topological polar surface area (TPSA) is 55.4 Å². The van der Waals surface area contributed by atoms with Gasteiger partial charge in [-0.05, 0) is 29.3 Å². The molecule has 0 radical (unpaired) electrons. The summed E-state index contributed by atoms with van der Waals surface area (Å²) in [4.78, 5) is 24.2. The molecular formula is C19H17ClF3NO3. The van der Waals surface area contributed by atoms with E-state index in [-0.39, 0.29) is 18.4 Å². The van der Waals surface area contributed by atoms with E-state index in [9.17, 15) is 22.8 Å². The number of benzene rings is 2. The molecule has 0 unspecified atom stereocenters. The van der Waals surface area contributed by atoms with Crippen LogP contribution in [0.2, 0.25) is 5.02 Å². The molecule has 0 saturated heterocycles. The van der Waals surface area contributed by atoms with Gasteiger partial charge in [0.05, 0.1) is 19.1 Å². The summed E-state index contributed by atoms with van der Waals surface area (Å²) in [5.41, 5.74) is 0.102. The van der Waals surface area contributed by atoms with Crippen LogP contribution in [0.4, 0.5) is 13.2 Å². The molecule has 1 atom stereocenters. The molecule has 0 saturated carbocycles. The van der Waals surface area contributed by atoms with Crippen LogP contribution in [0, 0.1) is 0 Å². The Kier molecular flexibility index (Phi) is 6.85.